The Hall–Kier alpha value is -2.39. The van der Waals surface area contributed by atoms with Gasteiger partial charge < -0.3 is 9.47 Å². The predicted molar refractivity (Wildman–Crippen MR) is 65.7 cm³/mol. The number of carbonyl (C=O) groups is 2. The normalized spacial score (nSPS) is 9.00. The molecule has 0 amide bonds. The molecular formula is C13H13NO4. The minimum absolute atomic E-state index is 0.0215. The predicted octanol–water partition coefficient (Wildman–Crippen LogP) is 1.65. The molecule has 0 saturated heterocycles. The molecule has 0 aromatic heterocycles. The number of rotatable bonds is 4. The molecule has 0 heterocycles. The van der Waals surface area contributed by atoms with Gasteiger partial charge in [-0.25, -0.2) is 9.79 Å². The van der Waals surface area contributed by atoms with E-state index in [1.54, 1.807) is 24.3 Å². The van der Waals surface area contributed by atoms with Gasteiger partial charge in [0.2, 0.25) is 0 Å². The highest BCUT2D eigenvalue weighted by Gasteiger charge is 2.14. The number of carbonyl (C=O) groups excluding carboxylic acids is 2. The molecule has 1 aromatic carbocycles. The van der Waals surface area contributed by atoms with Crippen LogP contribution in [0, 0.1) is 0 Å². The van der Waals surface area contributed by atoms with Gasteiger partial charge in [0.25, 0.3) is 0 Å². The van der Waals surface area contributed by atoms with E-state index < -0.39 is 11.9 Å². The first-order valence-corrected chi connectivity index (χ1v) is 5.20. The number of ether oxygens (including phenoxy) is 2. The van der Waals surface area contributed by atoms with Gasteiger partial charge >= 0.3 is 11.9 Å². The fourth-order valence-electron chi connectivity index (χ4n) is 1.13. The Morgan fingerprint density at radius 1 is 1.17 bits per heavy atom. The molecule has 1 aromatic rings. The standard InChI is InChI=1S/C13H13NO4/c1-17-12(15)8-10(13(16)18-2)9-14-11-6-4-3-5-7-11/h3-7H,8H2,1-2H3. The van der Waals surface area contributed by atoms with E-state index in [0.29, 0.717) is 5.69 Å². The fraction of sp³-hybridized carbons (Fsp3) is 0.231. The summed E-state index contributed by atoms with van der Waals surface area (Å²) >= 11 is 0. The summed E-state index contributed by atoms with van der Waals surface area (Å²) in [5, 5.41) is 0. The zero-order valence-electron chi connectivity index (χ0n) is 10.2. The number of hydrogen-bond acceptors (Lipinski definition) is 5. The smallest absolute Gasteiger partial charge is 0.343 e. The van der Waals surface area contributed by atoms with Crippen molar-refractivity contribution >= 4 is 23.5 Å². The monoisotopic (exact) mass is 247 g/mol. The van der Waals surface area contributed by atoms with E-state index in [0.717, 1.165) is 0 Å². The molecule has 0 aliphatic carbocycles. The van der Waals surface area contributed by atoms with E-state index in [2.05, 4.69) is 20.3 Å². The van der Waals surface area contributed by atoms with Crippen LogP contribution in [0.2, 0.25) is 0 Å². The van der Waals surface area contributed by atoms with Crippen LogP contribution in [0.15, 0.2) is 40.9 Å². The van der Waals surface area contributed by atoms with Gasteiger partial charge in [-0.3, -0.25) is 4.79 Å². The molecule has 94 valence electrons. The van der Waals surface area contributed by atoms with E-state index in [1.807, 2.05) is 6.07 Å². The number of aliphatic imine (C=N–C) groups is 1. The van der Waals surface area contributed by atoms with Crippen LogP contribution in [0.25, 0.3) is 0 Å². The van der Waals surface area contributed by atoms with Crippen molar-refractivity contribution < 1.29 is 19.1 Å². The molecule has 0 radical (unpaired) electrons. The van der Waals surface area contributed by atoms with Gasteiger partial charge in [0.1, 0.15) is 5.57 Å². The first-order valence-electron chi connectivity index (χ1n) is 5.20. The number of para-hydroxylation sites is 1. The molecule has 5 nitrogen and oxygen atoms in total. The fourth-order valence-corrected chi connectivity index (χ4v) is 1.13. The van der Waals surface area contributed by atoms with Crippen molar-refractivity contribution in [3.63, 3.8) is 0 Å². The minimum Gasteiger partial charge on any atom is -0.469 e. The maximum Gasteiger partial charge on any atom is 0.343 e. The van der Waals surface area contributed by atoms with Gasteiger partial charge in [0.05, 0.1) is 26.3 Å². The largest absolute Gasteiger partial charge is 0.469 e. The third-order valence-corrected chi connectivity index (χ3v) is 2.06. The van der Waals surface area contributed by atoms with Crippen LogP contribution in [-0.4, -0.2) is 32.0 Å². The summed E-state index contributed by atoms with van der Waals surface area (Å²) in [6.07, 6.45) is -0.223. The first kappa shape index (κ1) is 13.7. The van der Waals surface area contributed by atoms with Gasteiger partial charge in [0.15, 0.2) is 0 Å². The molecule has 5 heteroatoms. The van der Waals surface area contributed by atoms with Crippen molar-refractivity contribution in [3.05, 3.63) is 35.9 Å². The molecular weight excluding hydrogens is 234 g/mol. The van der Waals surface area contributed by atoms with Crippen molar-refractivity contribution in [1.82, 2.24) is 0 Å². The third kappa shape index (κ3) is 4.23. The van der Waals surface area contributed by atoms with Gasteiger partial charge in [0, 0.05) is 0 Å². The van der Waals surface area contributed by atoms with Crippen molar-refractivity contribution in [1.29, 1.82) is 0 Å². The van der Waals surface area contributed by atoms with E-state index in [9.17, 15) is 9.59 Å². The second-order valence-electron chi connectivity index (χ2n) is 3.28. The van der Waals surface area contributed by atoms with E-state index >= 15 is 0 Å². The maximum atomic E-state index is 11.4. The second-order valence-corrected chi connectivity index (χ2v) is 3.28. The average Bonchev–Trinajstić information content (AvgIpc) is 2.43. The van der Waals surface area contributed by atoms with Crippen molar-refractivity contribution in [2.75, 3.05) is 14.2 Å². The van der Waals surface area contributed by atoms with Crippen LogP contribution in [0.5, 0.6) is 0 Å². The summed E-state index contributed by atoms with van der Waals surface area (Å²) in [5.74, 6) is 1.32. The highest BCUT2D eigenvalue weighted by molar-refractivity contribution is 6.02. The summed E-state index contributed by atoms with van der Waals surface area (Å²) in [5.41, 5.74) is 0.650. The molecule has 0 unspecified atom stereocenters. The Morgan fingerprint density at radius 2 is 1.83 bits per heavy atom. The van der Waals surface area contributed by atoms with Crippen molar-refractivity contribution in [2.24, 2.45) is 4.99 Å². The molecule has 0 bridgehead atoms. The number of benzene rings is 1. The number of hydrogen-bond donors (Lipinski definition) is 0. The lowest BCUT2D eigenvalue weighted by Crippen LogP contribution is -2.11. The Bertz CT molecular complexity index is 487. The highest BCUT2D eigenvalue weighted by Crippen LogP contribution is 2.09. The summed E-state index contributed by atoms with van der Waals surface area (Å²) in [6.45, 7) is 0. The Kier molecular flexibility index (Phi) is 5.35. The van der Waals surface area contributed by atoms with E-state index in [1.165, 1.54) is 14.2 Å². The second kappa shape index (κ2) is 7.04. The Morgan fingerprint density at radius 3 is 2.39 bits per heavy atom. The van der Waals surface area contributed by atoms with Crippen LogP contribution in [0.1, 0.15) is 6.42 Å². The van der Waals surface area contributed by atoms with Gasteiger partial charge in [-0.15, -0.1) is 0 Å². The molecule has 0 spiro atoms. The molecule has 0 fully saturated rings. The number of methoxy groups -OCH3 is 2. The summed E-state index contributed by atoms with van der Waals surface area (Å²) in [7, 11) is 2.47. The summed E-state index contributed by atoms with van der Waals surface area (Å²) < 4.78 is 9.02. The van der Waals surface area contributed by atoms with E-state index in [4.69, 9.17) is 0 Å². The molecule has 18 heavy (non-hydrogen) atoms. The summed E-state index contributed by atoms with van der Waals surface area (Å²) in [4.78, 5) is 26.5. The molecule has 0 atom stereocenters. The Labute approximate surface area is 105 Å². The maximum absolute atomic E-state index is 11.4. The van der Waals surface area contributed by atoms with Crippen LogP contribution in [0.3, 0.4) is 0 Å². The van der Waals surface area contributed by atoms with Crippen molar-refractivity contribution in [3.8, 4) is 0 Å². The van der Waals surface area contributed by atoms with Crippen molar-refractivity contribution in [2.45, 2.75) is 6.42 Å². The number of nitrogens with zero attached hydrogens (tertiary/aromatic N) is 1. The first-order chi connectivity index (χ1) is 8.67. The lowest BCUT2D eigenvalue weighted by molar-refractivity contribution is -0.143. The highest BCUT2D eigenvalue weighted by atomic mass is 16.5. The molecule has 0 aliphatic rings. The van der Waals surface area contributed by atoms with Gasteiger partial charge in [-0.2, -0.15) is 0 Å². The van der Waals surface area contributed by atoms with Gasteiger partial charge in [-0.1, -0.05) is 18.2 Å². The van der Waals surface area contributed by atoms with Gasteiger partial charge in [-0.05, 0) is 18.0 Å². The van der Waals surface area contributed by atoms with Crippen LogP contribution in [0.4, 0.5) is 5.69 Å². The van der Waals surface area contributed by atoms with Crippen LogP contribution in [-0.2, 0) is 19.1 Å². The minimum atomic E-state index is -0.653. The average molecular weight is 247 g/mol. The molecule has 0 saturated carbocycles. The molecule has 0 N–H and O–H groups in total. The number of esters is 2. The molecule has 0 aliphatic heterocycles. The van der Waals surface area contributed by atoms with Crippen LogP contribution < -0.4 is 0 Å². The zero-order chi connectivity index (χ0) is 13.4. The zero-order valence-corrected chi connectivity index (χ0v) is 10.2. The third-order valence-electron chi connectivity index (χ3n) is 2.06. The van der Waals surface area contributed by atoms with Crippen LogP contribution >= 0.6 is 0 Å². The SMILES string of the molecule is COC(=O)CC(=C=Nc1ccccc1)C(=O)OC. The quantitative estimate of drug-likeness (QED) is 0.461. The summed E-state index contributed by atoms with van der Waals surface area (Å²) in [6, 6.07) is 8.95. The lowest BCUT2D eigenvalue weighted by Gasteiger charge is -2.00. The topological polar surface area (TPSA) is 65.0 Å². The lowest BCUT2D eigenvalue weighted by atomic mass is 10.2. The molecule has 1 rings (SSSR count). The van der Waals surface area contributed by atoms with E-state index in [-0.39, 0.29) is 12.0 Å². The Balaban J connectivity index is 2.99.